The van der Waals surface area contributed by atoms with Crippen molar-refractivity contribution in [1.29, 1.82) is 0 Å². The molecule has 0 saturated carbocycles. The molecule has 0 aliphatic carbocycles. The van der Waals surface area contributed by atoms with Crippen molar-refractivity contribution in [2.24, 2.45) is 11.7 Å². The molecular formula is C13H18ClF3N2O2S. The monoisotopic (exact) mass is 358 g/mol. The minimum absolute atomic E-state index is 0. The van der Waals surface area contributed by atoms with E-state index in [1.165, 1.54) is 23.4 Å². The van der Waals surface area contributed by atoms with E-state index in [-0.39, 0.29) is 35.3 Å². The average molecular weight is 359 g/mol. The van der Waals surface area contributed by atoms with E-state index in [0.29, 0.717) is 25.6 Å². The smallest absolute Gasteiger partial charge is 0.330 e. The Balaban J connectivity index is 0.00000242. The molecule has 0 radical (unpaired) electrons. The second-order valence-corrected chi connectivity index (χ2v) is 7.17. The lowest BCUT2D eigenvalue weighted by atomic mass is 10.1. The Labute approximate surface area is 133 Å². The number of hydrogen-bond acceptors (Lipinski definition) is 3. The maximum absolute atomic E-state index is 12.9. The van der Waals surface area contributed by atoms with Crippen molar-refractivity contribution in [3.05, 3.63) is 29.3 Å². The van der Waals surface area contributed by atoms with Gasteiger partial charge in [-0.15, -0.1) is 12.4 Å². The van der Waals surface area contributed by atoms with Crippen molar-refractivity contribution in [2.45, 2.75) is 24.4 Å². The van der Waals surface area contributed by atoms with Gasteiger partial charge in [-0.05, 0) is 43.5 Å². The maximum atomic E-state index is 12.9. The van der Waals surface area contributed by atoms with Crippen LogP contribution in [0.15, 0.2) is 23.1 Å². The minimum atomic E-state index is -4.57. The summed E-state index contributed by atoms with van der Waals surface area (Å²) in [7, 11) is -3.90. The first kappa shape index (κ1) is 19.2. The van der Waals surface area contributed by atoms with Crippen LogP contribution >= 0.6 is 12.4 Å². The summed E-state index contributed by atoms with van der Waals surface area (Å²) in [5, 5.41) is 0. The third kappa shape index (κ3) is 3.73. The fraction of sp³-hybridized carbons (Fsp3) is 0.538. The number of nitrogens with zero attached hydrogens (tertiary/aromatic N) is 1. The summed E-state index contributed by atoms with van der Waals surface area (Å²) in [6, 6.07) is 3.11. The minimum Gasteiger partial charge on any atom is -0.330 e. The van der Waals surface area contributed by atoms with Crippen LogP contribution in [0.5, 0.6) is 0 Å². The highest BCUT2D eigenvalue weighted by Gasteiger charge is 2.36. The molecule has 0 aromatic heterocycles. The summed E-state index contributed by atoms with van der Waals surface area (Å²) in [4.78, 5) is -0.321. The summed E-state index contributed by atoms with van der Waals surface area (Å²) in [6.07, 6.45) is -3.94. The van der Waals surface area contributed by atoms with Gasteiger partial charge >= 0.3 is 6.18 Å². The zero-order valence-electron chi connectivity index (χ0n) is 11.9. The van der Waals surface area contributed by atoms with Gasteiger partial charge in [0.25, 0.3) is 0 Å². The van der Waals surface area contributed by atoms with Crippen LogP contribution in [-0.4, -0.2) is 32.4 Å². The lowest BCUT2D eigenvalue weighted by Crippen LogP contribution is -2.30. The standard InChI is InChI=1S/C13H17F3N2O2S.ClH/c1-9-2-3-11(6-12(9)13(14,15)16)21(19,20)18-5-4-10(7-17)8-18;/h2-3,6,10H,4-5,7-8,17H2,1H3;1H. The molecule has 1 aliphatic rings. The third-order valence-corrected chi connectivity index (χ3v) is 5.60. The first-order valence-electron chi connectivity index (χ1n) is 6.54. The van der Waals surface area contributed by atoms with E-state index >= 15 is 0 Å². The molecule has 0 spiro atoms. The van der Waals surface area contributed by atoms with Crippen molar-refractivity contribution >= 4 is 22.4 Å². The molecule has 126 valence electrons. The predicted octanol–water partition coefficient (Wildman–Crippen LogP) is 2.40. The van der Waals surface area contributed by atoms with Gasteiger partial charge in [0.05, 0.1) is 10.5 Å². The highest BCUT2D eigenvalue weighted by molar-refractivity contribution is 7.89. The molecular weight excluding hydrogens is 341 g/mol. The molecule has 1 saturated heterocycles. The number of alkyl halides is 3. The molecule has 1 aromatic rings. The molecule has 0 bridgehead atoms. The summed E-state index contributed by atoms with van der Waals surface area (Å²) >= 11 is 0. The van der Waals surface area contributed by atoms with Gasteiger partial charge in [-0.25, -0.2) is 8.42 Å². The Bertz CT molecular complexity index is 635. The average Bonchev–Trinajstić information content (AvgIpc) is 2.87. The fourth-order valence-electron chi connectivity index (χ4n) is 2.42. The van der Waals surface area contributed by atoms with Gasteiger partial charge < -0.3 is 5.73 Å². The van der Waals surface area contributed by atoms with Gasteiger partial charge in [0.15, 0.2) is 0 Å². The molecule has 1 unspecified atom stereocenters. The topological polar surface area (TPSA) is 63.4 Å². The summed E-state index contributed by atoms with van der Waals surface area (Å²) < 4.78 is 64.7. The van der Waals surface area contributed by atoms with Crippen LogP contribution in [0.3, 0.4) is 0 Å². The van der Waals surface area contributed by atoms with E-state index in [2.05, 4.69) is 0 Å². The lowest BCUT2D eigenvalue weighted by molar-refractivity contribution is -0.138. The Hall–Kier alpha value is -0.830. The zero-order chi connectivity index (χ0) is 15.8. The van der Waals surface area contributed by atoms with Gasteiger partial charge in [-0.2, -0.15) is 17.5 Å². The Morgan fingerprint density at radius 2 is 2.00 bits per heavy atom. The zero-order valence-corrected chi connectivity index (χ0v) is 13.6. The van der Waals surface area contributed by atoms with Crippen LogP contribution in [0.2, 0.25) is 0 Å². The van der Waals surface area contributed by atoms with Gasteiger partial charge in [0, 0.05) is 13.1 Å². The van der Waals surface area contributed by atoms with Crippen molar-refractivity contribution < 1.29 is 21.6 Å². The summed E-state index contributed by atoms with van der Waals surface area (Å²) in [5.74, 6) is 0.0623. The van der Waals surface area contributed by atoms with Crippen LogP contribution in [0, 0.1) is 12.8 Å². The van der Waals surface area contributed by atoms with Crippen molar-refractivity contribution in [3.8, 4) is 0 Å². The first-order valence-corrected chi connectivity index (χ1v) is 7.98. The molecule has 1 fully saturated rings. The van der Waals surface area contributed by atoms with E-state index in [1.54, 1.807) is 0 Å². The van der Waals surface area contributed by atoms with E-state index in [0.717, 1.165) is 0 Å². The molecule has 1 aliphatic heterocycles. The molecule has 2 rings (SSSR count). The van der Waals surface area contributed by atoms with Crippen molar-refractivity contribution in [2.75, 3.05) is 19.6 Å². The molecule has 2 N–H and O–H groups in total. The number of rotatable bonds is 3. The second kappa shape index (κ2) is 6.74. The Kier molecular flexibility index (Phi) is 5.88. The van der Waals surface area contributed by atoms with Crippen LogP contribution in [0.4, 0.5) is 13.2 Å². The fourth-order valence-corrected chi connectivity index (χ4v) is 3.98. The number of nitrogens with two attached hydrogens (primary N) is 1. The second-order valence-electron chi connectivity index (χ2n) is 5.23. The maximum Gasteiger partial charge on any atom is 0.416 e. The molecule has 1 heterocycles. The van der Waals surface area contributed by atoms with Gasteiger partial charge in [-0.3, -0.25) is 0 Å². The van der Waals surface area contributed by atoms with E-state index < -0.39 is 21.8 Å². The SMILES string of the molecule is Cc1ccc(S(=O)(=O)N2CCC(CN)C2)cc1C(F)(F)F.Cl. The largest absolute Gasteiger partial charge is 0.416 e. The van der Waals surface area contributed by atoms with E-state index in [9.17, 15) is 21.6 Å². The number of halogens is 4. The Morgan fingerprint density at radius 3 is 2.50 bits per heavy atom. The number of sulfonamides is 1. The third-order valence-electron chi connectivity index (χ3n) is 3.73. The van der Waals surface area contributed by atoms with E-state index in [1.807, 2.05) is 0 Å². The molecule has 0 amide bonds. The van der Waals surface area contributed by atoms with Crippen LogP contribution in [0.25, 0.3) is 0 Å². The Morgan fingerprint density at radius 1 is 1.36 bits per heavy atom. The van der Waals surface area contributed by atoms with E-state index in [4.69, 9.17) is 5.73 Å². The van der Waals surface area contributed by atoms with Gasteiger partial charge in [0.2, 0.25) is 10.0 Å². The number of hydrogen-bond donors (Lipinski definition) is 1. The van der Waals surface area contributed by atoms with Crippen LogP contribution in [0.1, 0.15) is 17.5 Å². The highest BCUT2D eigenvalue weighted by atomic mass is 35.5. The van der Waals surface area contributed by atoms with Crippen LogP contribution < -0.4 is 5.73 Å². The number of benzene rings is 1. The normalized spacial score (nSPS) is 20.0. The van der Waals surface area contributed by atoms with Crippen molar-refractivity contribution in [1.82, 2.24) is 4.31 Å². The lowest BCUT2D eigenvalue weighted by Gasteiger charge is -2.18. The van der Waals surface area contributed by atoms with Crippen molar-refractivity contribution in [3.63, 3.8) is 0 Å². The summed E-state index contributed by atoms with van der Waals surface area (Å²) in [6.45, 7) is 2.22. The summed E-state index contributed by atoms with van der Waals surface area (Å²) in [5.41, 5.74) is 4.59. The van der Waals surface area contributed by atoms with Gasteiger partial charge in [0.1, 0.15) is 0 Å². The predicted molar refractivity (Wildman–Crippen MR) is 79.3 cm³/mol. The molecule has 4 nitrogen and oxygen atoms in total. The van der Waals surface area contributed by atoms with Gasteiger partial charge in [-0.1, -0.05) is 6.07 Å². The first-order chi connectivity index (χ1) is 9.66. The van der Waals surface area contributed by atoms with Crippen LogP contribution in [-0.2, 0) is 16.2 Å². The molecule has 9 heteroatoms. The number of aryl methyl sites for hydroxylation is 1. The quantitative estimate of drug-likeness (QED) is 0.902. The molecule has 22 heavy (non-hydrogen) atoms. The molecule has 1 atom stereocenters. The molecule has 1 aromatic carbocycles. The highest BCUT2D eigenvalue weighted by Crippen LogP contribution is 2.34.